The maximum Gasteiger partial charge on any atom is 0.113 e. The number of nitrogens with one attached hydrogen (secondary N) is 1. The molecule has 0 atom stereocenters. The van der Waals surface area contributed by atoms with Crippen molar-refractivity contribution in [3.8, 4) is 0 Å². The number of hydrogen-bond acceptors (Lipinski definition) is 7. The Morgan fingerprint density at radius 1 is 0.600 bits per heavy atom. The van der Waals surface area contributed by atoms with Crippen molar-refractivity contribution < 1.29 is 32.8 Å². The van der Waals surface area contributed by atoms with Crippen molar-refractivity contribution in [3.63, 3.8) is 0 Å². The highest BCUT2D eigenvalue weighted by molar-refractivity contribution is 4.67. The maximum absolute atomic E-state index is 11.7. The van der Waals surface area contributed by atoms with Crippen molar-refractivity contribution >= 4 is 0 Å². The largest absolute Gasteiger partial charge is 0.377 e. The lowest BCUT2D eigenvalue weighted by Gasteiger charge is -2.22. The van der Waals surface area contributed by atoms with Gasteiger partial charge in [-0.2, -0.15) is 0 Å². The molecule has 0 radical (unpaired) electrons. The second-order valence-electron chi connectivity index (χ2n) is 5.57. The number of halogens is 1. The maximum atomic E-state index is 11.7. The third-order valence-electron chi connectivity index (χ3n) is 3.58. The summed E-state index contributed by atoms with van der Waals surface area (Å²) < 4.78 is 43.9. The number of ether oxygens (including phenoxy) is 6. The van der Waals surface area contributed by atoms with Crippen LogP contribution in [0.3, 0.4) is 0 Å². The fourth-order valence-electron chi connectivity index (χ4n) is 2.27. The van der Waals surface area contributed by atoms with Crippen molar-refractivity contribution in [2.24, 2.45) is 0 Å². The Balaban J connectivity index is 1.65. The third kappa shape index (κ3) is 15.6. The van der Waals surface area contributed by atoms with E-state index in [1.807, 2.05) is 0 Å². The normalized spacial score (nSPS) is 15.7. The molecule has 1 N–H and O–H groups in total. The van der Waals surface area contributed by atoms with E-state index < -0.39 is 6.67 Å². The number of piperidine rings is 1. The number of alkyl halides is 1. The van der Waals surface area contributed by atoms with Crippen LogP contribution in [-0.2, 0) is 28.4 Å². The van der Waals surface area contributed by atoms with Gasteiger partial charge in [0.15, 0.2) is 0 Å². The first-order chi connectivity index (χ1) is 12.4. The lowest BCUT2D eigenvalue weighted by Crippen LogP contribution is -2.33. The zero-order chi connectivity index (χ0) is 17.8. The lowest BCUT2D eigenvalue weighted by atomic mass is 10.1. The molecular weight excluding hydrogens is 333 g/mol. The topological polar surface area (TPSA) is 67.4 Å². The van der Waals surface area contributed by atoms with Crippen LogP contribution in [0.15, 0.2) is 0 Å². The van der Waals surface area contributed by atoms with Gasteiger partial charge in [-0.05, 0) is 25.9 Å². The van der Waals surface area contributed by atoms with E-state index in [0.29, 0.717) is 72.2 Å². The molecule has 0 saturated carbocycles. The van der Waals surface area contributed by atoms with E-state index in [0.717, 1.165) is 25.9 Å². The van der Waals surface area contributed by atoms with Crippen molar-refractivity contribution in [2.45, 2.75) is 18.9 Å². The molecule has 0 aliphatic carbocycles. The minimum atomic E-state index is -0.458. The molecule has 0 amide bonds. The third-order valence-corrected chi connectivity index (χ3v) is 3.58. The molecule has 8 heteroatoms. The molecule has 0 aromatic carbocycles. The molecule has 0 aromatic heterocycles. The Bertz CT molecular complexity index is 270. The number of rotatable bonds is 18. The van der Waals surface area contributed by atoms with E-state index in [-0.39, 0.29) is 6.61 Å². The van der Waals surface area contributed by atoms with Crippen LogP contribution in [0, 0.1) is 0 Å². The molecule has 7 nitrogen and oxygen atoms in total. The average Bonchev–Trinajstić information content (AvgIpc) is 2.65. The summed E-state index contributed by atoms with van der Waals surface area (Å²) in [6, 6.07) is 0. The Labute approximate surface area is 150 Å². The van der Waals surface area contributed by atoms with Crippen LogP contribution in [0.1, 0.15) is 12.8 Å². The van der Waals surface area contributed by atoms with Gasteiger partial charge in [0.05, 0.1) is 78.8 Å². The van der Waals surface area contributed by atoms with Gasteiger partial charge in [-0.3, -0.25) is 0 Å². The van der Waals surface area contributed by atoms with Crippen molar-refractivity contribution in [3.05, 3.63) is 0 Å². The Hall–Kier alpha value is -0.350. The van der Waals surface area contributed by atoms with Crippen molar-refractivity contribution in [1.82, 2.24) is 5.32 Å². The summed E-state index contributed by atoms with van der Waals surface area (Å²) in [5, 5.41) is 3.31. The van der Waals surface area contributed by atoms with Gasteiger partial charge >= 0.3 is 0 Å². The van der Waals surface area contributed by atoms with Gasteiger partial charge in [-0.25, -0.2) is 4.39 Å². The zero-order valence-electron chi connectivity index (χ0n) is 15.2. The van der Waals surface area contributed by atoms with Gasteiger partial charge in [-0.15, -0.1) is 0 Å². The standard InChI is InChI=1S/C17H34FNO6/c18-3-6-20-7-8-21-9-10-22-11-12-23-13-14-24-15-16-25-17-1-4-19-5-2-17/h17,19H,1-16H2. The monoisotopic (exact) mass is 367 g/mol. The van der Waals surface area contributed by atoms with E-state index in [9.17, 15) is 4.39 Å². The molecule has 0 bridgehead atoms. The molecule has 1 heterocycles. The average molecular weight is 367 g/mol. The van der Waals surface area contributed by atoms with Crippen LogP contribution in [-0.4, -0.2) is 98.5 Å². The number of hydrogen-bond donors (Lipinski definition) is 1. The van der Waals surface area contributed by atoms with Gasteiger partial charge in [0.25, 0.3) is 0 Å². The summed E-state index contributed by atoms with van der Waals surface area (Å²) in [6.07, 6.45) is 2.55. The van der Waals surface area contributed by atoms with Gasteiger partial charge in [0.1, 0.15) is 6.67 Å². The van der Waals surface area contributed by atoms with Crippen LogP contribution in [0.4, 0.5) is 4.39 Å². The molecule has 1 aliphatic rings. The van der Waals surface area contributed by atoms with Crippen LogP contribution in [0.25, 0.3) is 0 Å². The molecule has 150 valence electrons. The second-order valence-corrected chi connectivity index (χ2v) is 5.57. The molecule has 0 spiro atoms. The highest BCUT2D eigenvalue weighted by Crippen LogP contribution is 2.06. The first-order valence-corrected chi connectivity index (χ1v) is 9.20. The minimum absolute atomic E-state index is 0.131. The lowest BCUT2D eigenvalue weighted by molar-refractivity contribution is -0.0297. The fourth-order valence-corrected chi connectivity index (χ4v) is 2.27. The zero-order valence-corrected chi connectivity index (χ0v) is 15.2. The van der Waals surface area contributed by atoms with Gasteiger partial charge in [-0.1, -0.05) is 0 Å². The Morgan fingerprint density at radius 2 is 1.00 bits per heavy atom. The molecular formula is C17H34FNO6. The Morgan fingerprint density at radius 3 is 1.44 bits per heavy atom. The van der Waals surface area contributed by atoms with Crippen LogP contribution in [0.5, 0.6) is 0 Å². The predicted octanol–water partition coefficient (Wildman–Crippen LogP) is 0.808. The summed E-state index contributed by atoms with van der Waals surface area (Å²) in [5.41, 5.74) is 0. The van der Waals surface area contributed by atoms with E-state index >= 15 is 0 Å². The van der Waals surface area contributed by atoms with Crippen LogP contribution < -0.4 is 5.32 Å². The molecule has 1 saturated heterocycles. The molecule has 1 rings (SSSR count). The molecule has 1 aliphatic heterocycles. The van der Waals surface area contributed by atoms with Gasteiger partial charge in [0, 0.05) is 0 Å². The predicted molar refractivity (Wildman–Crippen MR) is 91.9 cm³/mol. The highest BCUT2D eigenvalue weighted by atomic mass is 19.1. The summed E-state index contributed by atoms with van der Waals surface area (Å²) in [5.74, 6) is 0. The summed E-state index contributed by atoms with van der Waals surface area (Å²) in [7, 11) is 0. The summed E-state index contributed by atoms with van der Waals surface area (Å²) in [4.78, 5) is 0. The second kappa shape index (κ2) is 18.4. The molecule has 0 unspecified atom stereocenters. The molecule has 0 aromatic rings. The van der Waals surface area contributed by atoms with Crippen LogP contribution in [0.2, 0.25) is 0 Å². The Kier molecular flexibility index (Phi) is 16.7. The smallest absolute Gasteiger partial charge is 0.113 e. The highest BCUT2D eigenvalue weighted by Gasteiger charge is 2.12. The first kappa shape index (κ1) is 22.7. The van der Waals surface area contributed by atoms with E-state index in [4.69, 9.17) is 28.4 Å². The summed E-state index contributed by atoms with van der Waals surface area (Å²) >= 11 is 0. The fraction of sp³-hybridized carbons (Fsp3) is 1.00. The SMILES string of the molecule is FCCOCCOCCOCCOCCOCCOC1CCNCC1. The van der Waals surface area contributed by atoms with Crippen LogP contribution >= 0.6 is 0 Å². The van der Waals surface area contributed by atoms with E-state index in [1.165, 1.54) is 0 Å². The minimum Gasteiger partial charge on any atom is -0.377 e. The first-order valence-electron chi connectivity index (χ1n) is 9.20. The van der Waals surface area contributed by atoms with Crippen molar-refractivity contribution in [2.75, 3.05) is 92.4 Å². The summed E-state index contributed by atoms with van der Waals surface area (Å²) in [6.45, 7) is 7.08. The quantitative estimate of drug-likeness (QED) is 0.360. The molecule has 25 heavy (non-hydrogen) atoms. The molecule has 1 fully saturated rings. The van der Waals surface area contributed by atoms with Gasteiger partial charge in [0.2, 0.25) is 0 Å². The van der Waals surface area contributed by atoms with E-state index in [1.54, 1.807) is 0 Å². The van der Waals surface area contributed by atoms with Gasteiger partial charge < -0.3 is 33.7 Å². The van der Waals surface area contributed by atoms with Crippen molar-refractivity contribution in [1.29, 1.82) is 0 Å². The van der Waals surface area contributed by atoms with E-state index in [2.05, 4.69) is 5.32 Å².